The third kappa shape index (κ3) is 9.32. The van der Waals surface area contributed by atoms with Crippen LogP contribution in [-0.2, 0) is 11.3 Å². The second-order valence-corrected chi connectivity index (χ2v) is 5.87. The van der Waals surface area contributed by atoms with E-state index in [-0.39, 0.29) is 24.0 Å². The molecular formula is C16H26ClIN4O. The van der Waals surface area contributed by atoms with Crippen LogP contribution >= 0.6 is 35.6 Å². The van der Waals surface area contributed by atoms with Crippen molar-refractivity contribution in [2.24, 2.45) is 10.9 Å². The van der Waals surface area contributed by atoms with Crippen LogP contribution < -0.4 is 10.6 Å². The summed E-state index contributed by atoms with van der Waals surface area (Å²) in [6, 6.07) is 3.72. The Kier molecular flexibility index (Phi) is 10.5. The summed E-state index contributed by atoms with van der Waals surface area (Å²) in [7, 11) is 0. The van der Waals surface area contributed by atoms with E-state index >= 15 is 0 Å². The van der Waals surface area contributed by atoms with Crippen LogP contribution in [0.2, 0.25) is 5.15 Å². The lowest BCUT2D eigenvalue weighted by Crippen LogP contribution is -2.38. The minimum absolute atomic E-state index is 0. The summed E-state index contributed by atoms with van der Waals surface area (Å²) in [5, 5.41) is 7.06. The van der Waals surface area contributed by atoms with Gasteiger partial charge in [-0.1, -0.05) is 17.7 Å². The van der Waals surface area contributed by atoms with E-state index in [0.717, 1.165) is 50.2 Å². The number of halogens is 2. The molecule has 0 atom stereocenters. The molecule has 1 aromatic rings. The molecule has 0 radical (unpaired) electrons. The Morgan fingerprint density at radius 3 is 2.87 bits per heavy atom. The Bertz CT molecular complexity index is 466. The number of hydrogen-bond donors (Lipinski definition) is 2. The van der Waals surface area contributed by atoms with Crippen LogP contribution in [0.25, 0.3) is 0 Å². The Balaban J connectivity index is 0.00000264. The molecule has 23 heavy (non-hydrogen) atoms. The molecule has 1 aliphatic carbocycles. The molecule has 0 saturated heterocycles. The van der Waals surface area contributed by atoms with Crippen molar-refractivity contribution in [1.82, 2.24) is 15.6 Å². The summed E-state index contributed by atoms with van der Waals surface area (Å²) < 4.78 is 5.62. The predicted molar refractivity (Wildman–Crippen MR) is 106 cm³/mol. The van der Waals surface area contributed by atoms with Crippen molar-refractivity contribution < 1.29 is 4.74 Å². The van der Waals surface area contributed by atoms with Gasteiger partial charge in [0, 0.05) is 32.5 Å². The molecule has 1 aliphatic rings. The van der Waals surface area contributed by atoms with Gasteiger partial charge in [-0.2, -0.15) is 0 Å². The van der Waals surface area contributed by atoms with Crippen molar-refractivity contribution in [3.05, 3.63) is 29.0 Å². The van der Waals surface area contributed by atoms with Crippen molar-refractivity contribution in [2.45, 2.75) is 32.7 Å². The van der Waals surface area contributed by atoms with Gasteiger partial charge in [-0.05, 0) is 43.7 Å². The van der Waals surface area contributed by atoms with Gasteiger partial charge in [-0.15, -0.1) is 24.0 Å². The van der Waals surface area contributed by atoms with Crippen LogP contribution in [0.4, 0.5) is 0 Å². The first-order valence-corrected chi connectivity index (χ1v) is 8.36. The molecule has 0 spiro atoms. The lowest BCUT2D eigenvalue weighted by atomic mass is 10.3. The van der Waals surface area contributed by atoms with Gasteiger partial charge in [0.05, 0.1) is 6.54 Å². The number of pyridine rings is 1. The molecule has 2 rings (SSSR count). The van der Waals surface area contributed by atoms with Gasteiger partial charge in [0.15, 0.2) is 5.96 Å². The van der Waals surface area contributed by atoms with Crippen LogP contribution in [0, 0.1) is 5.92 Å². The fourth-order valence-corrected chi connectivity index (χ4v) is 2.04. The summed E-state index contributed by atoms with van der Waals surface area (Å²) in [6.07, 6.45) is 5.42. The Labute approximate surface area is 160 Å². The fraction of sp³-hybridized carbons (Fsp3) is 0.625. The molecule has 0 aromatic carbocycles. The first-order valence-electron chi connectivity index (χ1n) is 7.98. The number of guanidine groups is 1. The van der Waals surface area contributed by atoms with Gasteiger partial charge in [0.25, 0.3) is 0 Å². The summed E-state index contributed by atoms with van der Waals surface area (Å²) in [5.41, 5.74) is 1.04. The highest BCUT2D eigenvalue weighted by Gasteiger charge is 2.20. The Morgan fingerprint density at radius 2 is 2.22 bits per heavy atom. The summed E-state index contributed by atoms with van der Waals surface area (Å²) in [5.74, 6) is 1.65. The Hall–Kier alpha value is -0.600. The minimum Gasteiger partial charge on any atom is -0.381 e. The summed E-state index contributed by atoms with van der Waals surface area (Å²) in [4.78, 5) is 8.60. The van der Waals surface area contributed by atoms with Crippen molar-refractivity contribution in [3.63, 3.8) is 0 Å². The molecule has 130 valence electrons. The second-order valence-electron chi connectivity index (χ2n) is 5.48. The zero-order valence-electron chi connectivity index (χ0n) is 13.6. The van der Waals surface area contributed by atoms with E-state index in [1.807, 2.05) is 6.07 Å². The number of nitrogens with one attached hydrogen (secondary N) is 2. The molecule has 0 bridgehead atoms. The van der Waals surface area contributed by atoms with E-state index < -0.39 is 0 Å². The maximum atomic E-state index is 5.77. The molecular weight excluding hydrogens is 427 g/mol. The van der Waals surface area contributed by atoms with Crippen molar-refractivity contribution in [3.8, 4) is 0 Å². The van der Waals surface area contributed by atoms with Crippen LogP contribution in [-0.4, -0.2) is 37.2 Å². The maximum absolute atomic E-state index is 5.77. The summed E-state index contributed by atoms with van der Waals surface area (Å²) >= 11 is 5.77. The number of aliphatic imine (C=N–C) groups is 1. The third-order valence-corrected chi connectivity index (χ3v) is 3.58. The standard InChI is InChI=1S/C16H25ClN4O.HI/c1-2-18-16(19-8-3-9-22-12-13-4-5-13)21-11-14-6-7-15(17)20-10-14;/h6-7,10,13H,2-5,8-9,11-12H2,1H3,(H2,18,19,21);1H. The molecule has 1 saturated carbocycles. The fourth-order valence-electron chi connectivity index (χ4n) is 1.93. The number of rotatable bonds is 9. The monoisotopic (exact) mass is 452 g/mol. The normalized spacial score (nSPS) is 14.3. The zero-order valence-corrected chi connectivity index (χ0v) is 16.6. The van der Waals surface area contributed by atoms with Gasteiger partial charge in [0.1, 0.15) is 5.15 Å². The lowest BCUT2D eigenvalue weighted by Gasteiger charge is -2.11. The van der Waals surface area contributed by atoms with Crippen LogP contribution in [0.5, 0.6) is 0 Å². The molecule has 1 aromatic heterocycles. The minimum atomic E-state index is 0. The molecule has 7 heteroatoms. The van der Waals surface area contributed by atoms with E-state index in [0.29, 0.717) is 11.7 Å². The van der Waals surface area contributed by atoms with Crippen LogP contribution in [0.15, 0.2) is 23.3 Å². The lowest BCUT2D eigenvalue weighted by molar-refractivity contribution is 0.123. The van der Waals surface area contributed by atoms with E-state index in [2.05, 4.69) is 27.5 Å². The highest BCUT2D eigenvalue weighted by atomic mass is 127. The van der Waals surface area contributed by atoms with Gasteiger partial charge in [0.2, 0.25) is 0 Å². The van der Waals surface area contributed by atoms with E-state index in [1.54, 1.807) is 12.3 Å². The Morgan fingerprint density at radius 1 is 1.39 bits per heavy atom. The maximum Gasteiger partial charge on any atom is 0.191 e. The first kappa shape index (κ1) is 20.4. The number of hydrogen-bond acceptors (Lipinski definition) is 3. The predicted octanol–water partition coefficient (Wildman–Crippen LogP) is 3.22. The van der Waals surface area contributed by atoms with Gasteiger partial charge < -0.3 is 15.4 Å². The quantitative estimate of drug-likeness (QED) is 0.199. The highest BCUT2D eigenvalue weighted by Crippen LogP contribution is 2.28. The largest absolute Gasteiger partial charge is 0.381 e. The van der Waals surface area contributed by atoms with Crippen LogP contribution in [0.1, 0.15) is 31.7 Å². The molecule has 2 N–H and O–H groups in total. The third-order valence-electron chi connectivity index (χ3n) is 3.36. The van der Waals surface area contributed by atoms with E-state index in [9.17, 15) is 0 Å². The van der Waals surface area contributed by atoms with Crippen LogP contribution in [0.3, 0.4) is 0 Å². The van der Waals surface area contributed by atoms with Gasteiger partial charge in [-0.25, -0.2) is 9.98 Å². The number of ether oxygens (including phenoxy) is 1. The molecule has 5 nitrogen and oxygen atoms in total. The highest BCUT2D eigenvalue weighted by molar-refractivity contribution is 14.0. The smallest absolute Gasteiger partial charge is 0.191 e. The molecule has 0 aliphatic heterocycles. The van der Waals surface area contributed by atoms with Gasteiger partial charge >= 0.3 is 0 Å². The zero-order chi connectivity index (χ0) is 15.6. The molecule has 1 heterocycles. The van der Waals surface area contributed by atoms with Crippen molar-refractivity contribution in [1.29, 1.82) is 0 Å². The topological polar surface area (TPSA) is 58.5 Å². The number of aromatic nitrogens is 1. The van der Waals surface area contributed by atoms with Gasteiger partial charge in [-0.3, -0.25) is 0 Å². The van der Waals surface area contributed by atoms with E-state index in [4.69, 9.17) is 16.3 Å². The molecule has 1 fully saturated rings. The first-order chi connectivity index (χ1) is 10.8. The SMILES string of the molecule is CCNC(=NCc1ccc(Cl)nc1)NCCCOCC1CC1.I. The van der Waals surface area contributed by atoms with Crippen molar-refractivity contribution >= 4 is 41.5 Å². The number of nitrogens with zero attached hydrogens (tertiary/aromatic N) is 2. The van der Waals surface area contributed by atoms with E-state index in [1.165, 1.54) is 12.8 Å². The summed E-state index contributed by atoms with van der Waals surface area (Å²) in [6.45, 7) is 6.07. The molecule has 0 amide bonds. The molecule has 0 unspecified atom stereocenters. The second kappa shape index (κ2) is 11.9. The average Bonchev–Trinajstić information content (AvgIpc) is 3.34. The van der Waals surface area contributed by atoms with Crippen molar-refractivity contribution in [2.75, 3.05) is 26.3 Å². The average molecular weight is 453 g/mol.